The van der Waals surface area contributed by atoms with E-state index in [0.717, 1.165) is 0 Å². The smallest absolute Gasteiger partial charge is 0.259 e. The molecule has 108 valence electrons. The van der Waals surface area contributed by atoms with E-state index in [2.05, 4.69) is 17.2 Å². The molecule has 0 bridgehead atoms. The lowest BCUT2D eigenvalue weighted by Gasteiger charge is -2.07. The first kappa shape index (κ1) is 14.8. The normalized spacial score (nSPS) is 9.86. The van der Waals surface area contributed by atoms with Gasteiger partial charge in [-0.3, -0.25) is 4.79 Å². The second-order valence-corrected chi connectivity index (χ2v) is 4.26. The molecule has 0 radical (unpaired) electrons. The Morgan fingerprint density at radius 3 is 2.95 bits per heavy atom. The molecule has 4 nitrogen and oxygen atoms in total. The molecule has 1 amide bonds. The van der Waals surface area contributed by atoms with Gasteiger partial charge in [-0.2, -0.15) is 0 Å². The number of nitrogens with two attached hydrogens (primary N) is 1. The van der Waals surface area contributed by atoms with Crippen molar-refractivity contribution in [2.75, 3.05) is 11.9 Å². The summed E-state index contributed by atoms with van der Waals surface area (Å²) in [5.41, 5.74) is 6.59. The van der Waals surface area contributed by atoms with Crippen LogP contribution in [-0.2, 0) is 6.42 Å². The number of rotatable bonds is 3. The van der Waals surface area contributed by atoms with Gasteiger partial charge < -0.3 is 15.5 Å². The van der Waals surface area contributed by atoms with Gasteiger partial charge >= 0.3 is 0 Å². The first-order chi connectivity index (χ1) is 10.2. The Kier molecular flexibility index (Phi) is 4.75. The molecule has 0 saturated heterocycles. The predicted molar refractivity (Wildman–Crippen MR) is 78.4 cm³/mol. The molecule has 0 aliphatic heterocycles. The summed E-state index contributed by atoms with van der Waals surface area (Å²) in [6.45, 7) is 2.05. The number of hydrogen-bond acceptors (Lipinski definition) is 3. The van der Waals surface area contributed by atoms with Gasteiger partial charge in [0.1, 0.15) is 11.6 Å². The van der Waals surface area contributed by atoms with Crippen molar-refractivity contribution in [3.63, 3.8) is 0 Å². The van der Waals surface area contributed by atoms with E-state index in [1.165, 1.54) is 24.5 Å². The first-order valence-corrected chi connectivity index (χ1v) is 6.52. The Morgan fingerprint density at radius 1 is 1.43 bits per heavy atom. The van der Waals surface area contributed by atoms with Crippen LogP contribution in [-0.4, -0.2) is 12.5 Å². The fourth-order valence-electron chi connectivity index (χ4n) is 1.88. The molecule has 21 heavy (non-hydrogen) atoms. The molecule has 1 heterocycles. The average molecular weight is 286 g/mol. The molecule has 0 saturated carbocycles. The number of anilines is 1. The van der Waals surface area contributed by atoms with Crippen LogP contribution in [0.4, 0.5) is 10.1 Å². The highest BCUT2D eigenvalue weighted by Gasteiger charge is 2.14. The monoisotopic (exact) mass is 286 g/mol. The van der Waals surface area contributed by atoms with Crippen LogP contribution in [0, 0.1) is 17.7 Å². The van der Waals surface area contributed by atoms with Crippen molar-refractivity contribution in [3.05, 3.63) is 53.2 Å². The lowest BCUT2D eigenvalue weighted by atomic mass is 10.1. The third-order valence-electron chi connectivity index (χ3n) is 2.87. The number of amides is 1. The molecule has 1 aromatic heterocycles. The van der Waals surface area contributed by atoms with Crippen LogP contribution in [0.2, 0.25) is 0 Å². The summed E-state index contributed by atoms with van der Waals surface area (Å²) in [5.74, 6) is 5.24. The Labute approximate surface area is 122 Å². The van der Waals surface area contributed by atoms with Gasteiger partial charge in [0.05, 0.1) is 29.6 Å². The maximum Gasteiger partial charge on any atom is 0.259 e. The second-order valence-electron chi connectivity index (χ2n) is 4.26. The van der Waals surface area contributed by atoms with Gasteiger partial charge in [0, 0.05) is 6.42 Å². The average Bonchev–Trinajstić information content (AvgIpc) is 2.96. The molecular formula is C16H15FN2O2. The number of benzene rings is 1. The second kappa shape index (κ2) is 6.73. The molecule has 0 aliphatic carbocycles. The molecule has 0 fully saturated rings. The number of hydrogen-bond donors (Lipinski definition) is 2. The van der Waals surface area contributed by atoms with E-state index < -0.39 is 5.82 Å². The maximum absolute atomic E-state index is 13.3. The number of carbonyl (C=O) groups excluding carboxylic acids is 1. The highest BCUT2D eigenvalue weighted by atomic mass is 19.1. The molecule has 5 heteroatoms. The zero-order valence-electron chi connectivity index (χ0n) is 11.6. The molecule has 1 aromatic carbocycles. The minimum atomic E-state index is -0.424. The van der Waals surface area contributed by atoms with Crippen LogP contribution in [0.3, 0.4) is 0 Å². The Bertz CT molecular complexity index is 711. The van der Waals surface area contributed by atoms with E-state index in [1.807, 2.05) is 6.92 Å². The predicted octanol–water partition coefficient (Wildman–Crippen LogP) is 2.54. The van der Waals surface area contributed by atoms with Gasteiger partial charge in [0.15, 0.2) is 0 Å². The van der Waals surface area contributed by atoms with Gasteiger partial charge in [-0.05, 0) is 24.3 Å². The number of nitrogens with one attached hydrogen (secondary N) is 1. The molecule has 2 rings (SSSR count). The number of carbonyl (C=O) groups is 1. The highest BCUT2D eigenvalue weighted by molar-refractivity contribution is 6.05. The highest BCUT2D eigenvalue weighted by Crippen LogP contribution is 2.19. The fourth-order valence-corrected chi connectivity index (χ4v) is 1.88. The van der Waals surface area contributed by atoms with E-state index in [-0.39, 0.29) is 12.5 Å². The van der Waals surface area contributed by atoms with Crippen LogP contribution in [0.1, 0.15) is 28.6 Å². The van der Waals surface area contributed by atoms with Gasteiger partial charge in [0.2, 0.25) is 0 Å². The van der Waals surface area contributed by atoms with Crippen LogP contribution in [0.25, 0.3) is 0 Å². The minimum absolute atomic E-state index is 0.158. The van der Waals surface area contributed by atoms with Crippen LogP contribution in [0.5, 0.6) is 0 Å². The van der Waals surface area contributed by atoms with E-state index in [4.69, 9.17) is 10.2 Å². The summed E-state index contributed by atoms with van der Waals surface area (Å²) in [6.07, 6.45) is 2.08. The Morgan fingerprint density at radius 2 is 2.24 bits per heavy atom. The fraction of sp³-hybridized carbons (Fsp3) is 0.188. The van der Waals surface area contributed by atoms with Crippen molar-refractivity contribution >= 4 is 11.6 Å². The van der Waals surface area contributed by atoms with E-state index >= 15 is 0 Å². The van der Waals surface area contributed by atoms with Gasteiger partial charge in [-0.25, -0.2) is 4.39 Å². The minimum Gasteiger partial charge on any atom is -0.469 e. The topological polar surface area (TPSA) is 68.3 Å². The van der Waals surface area contributed by atoms with Crippen LogP contribution < -0.4 is 11.1 Å². The van der Waals surface area contributed by atoms with Crippen LogP contribution in [0.15, 0.2) is 34.9 Å². The Balaban J connectivity index is 2.29. The third kappa shape index (κ3) is 3.50. The molecule has 0 atom stereocenters. The molecule has 0 aliphatic rings. The quantitative estimate of drug-likeness (QED) is 0.852. The maximum atomic E-state index is 13.3. The number of aryl methyl sites for hydroxylation is 1. The summed E-state index contributed by atoms with van der Waals surface area (Å²) in [7, 11) is 0. The van der Waals surface area contributed by atoms with Crippen LogP contribution >= 0.6 is 0 Å². The summed E-state index contributed by atoms with van der Waals surface area (Å²) < 4.78 is 18.5. The van der Waals surface area contributed by atoms with E-state index in [0.29, 0.717) is 29.0 Å². The molecule has 3 N–H and O–H groups in total. The first-order valence-electron chi connectivity index (χ1n) is 6.52. The number of halogens is 1. The third-order valence-corrected chi connectivity index (χ3v) is 2.87. The zero-order valence-corrected chi connectivity index (χ0v) is 11.6. The summed E-state index contributed by atoms with van der Waals surface area (Å²) in [6, 6.07) is 5.59. The standard InChI is InChI=1S/C16H15FN2O2/c1-2-15-13(7-9-21-15)16(20)19-14-6-5-12(17)10-11(14)4-3-8-18/h5-7,9-10H,2,8,18H2,1H3,(H,19,20). The summed E-state index contributed by atoms with van der Waals surface area (Å²) in [5, 5.41) is 2.71. The molecule has 0 spiro atoms. The SMILES string of the molecule is CCc1occc1C(=O)Nc1ccc(F)cc1C#CCN. The van der Waals surface area contributed by atoms with Crippen molar-refractivity contribution in [1.29, 1.82) is 0 Å². The van der Waals surface area contributed by atoms with Crippen molar-refractivity contribution in [2.45, 2.75) is 13.3 Å². The van der Waals surface area contributed by atoms with Gasteiger partial charge in [-0.15, -0.1) is 0 Å². The van der Waals surface area contributed by atoms with Gasteiger partial charge in [0.25, 0.3) is 5.91 Å². The lowest BCUT2D eigenvalue weighted by molar-refractivity contribution is 0.102. The van der Waals surface area contributed by atoms with E-state index in [1.54, 1.807) is 6.07 Å². The Hall–Kier alpha value is -2.58. The van der Waals surface area contributed by atoms with Crippen molar-refractivity contribution < 1.29 is 13.6 Å². The van der Waals surface area contributed by atoms with Crippen molar-refractivity contribution in [3.8, 4) is 11.8 Å². The summed E-state index contributed by atoms with van der Waals surface area (Å²) in [4.78, 5) is 12.2. The number of furan rings is 1. The molecule has 2 aromatic rings. The largest absolute Gasteiger partial charge is 0.469 e. The zero-order chi connectivity index (χ0) is 15.2. The molecular weight excluding hydrogens is 271 g/mol. The molecule has 0 unspecified atom stereocenters. The van der Waals surface area contributed by atoms with Crippen molar-refractivity contribution in [1.82, 2.24) is 0 Å². The van der Waals surface area contributed by atoms with Gasteiger partial charge in [-0.1, -0.05) is 18.8 Å². The lowest BCUT2D eigenvalue weighted by Crippen LogP contribution is -2.13. The van der Waals surface area contributed by atoms with E-state index in [9.17, 15) is 9.18 Å². The summed E-state index contributed by atoms with van der Waals surface area (Å²) >= 11 is 0. The van der Waals surface area contributed by atoms with Crippen molar-refractivity contribution in [2.24, 2.45) is 5.73 Å².